The highest BCUT2D eigenvalue weighted by Gasteiger charge is 2.30. The number of nitrogens with zero attached hydrogens (tertiary/aromatic N) is 1. The summed E-state index contributed by atoms with van der Waals surface area (Å²) in [7, 11) is 0. The van der Waals surface area contributed by atoms with Crippen LogP contribution >= 0.6 is 27.5 Å². The van der Waals surface area contributed by atoms with Crippen LogP contribution < -0.4 is 0 Å². The van der Waals surface area contributed by atoms with Crippen LogP contribution in [0.4, 0.5) is 0 Å². The van der Waals surface area contributed by atoms with Crippen LogP contribution in [-0.4, -0.2) is 28.4 Å². The van der Waals surface area contributed by atoms with Crippen LogP contribution in [-0.2, 0) is 9.59 Å². The number of carbonyl (C=O) groups excluding carboxylic acids is 1. The molecule has 0 aliphatic carbocycles. The highest BCUT2D eigenvalue weighted by molar-refractivity contribution is 9.10. The molecular formula is C12H13BrClNO3. The second kappa shape index (κ2) is 6.20. The van der Waals surface area contributed by atoms with Gasteiger partial charge in [0.15, 0.2) is 6.04 Å². The Balaban J connectivity index is 3.27. The topological polar surface area (TPSA) is 57.6 Å². The van der Waals surface area contributed by atoms with Crippen LogP contribution in [0.15, 0.2) is 22.7 Å². The normalized spacial score (nSPS) is 12.0. The summed E-state index contributed by atoms with van der Waals surface area (Å²) in [5.74, 6) is -1.40. The number of amides is 1. The Morgan fingerprint density at radius 3 is 2.50 bits per heavy atom. The van der Waals surface area contributed by atoms with E-state index in [0.29, 0.717) is 17.1 Å². The molecule has 0 saturated heterocycles. The van der Waals surface area contributed by atoms with Crippen molar-refractivity contribution < 1.29 is 14.7 Å². The van der Waals surface area contributed by atoms with E-state index in [1.807, 2.05) is 0 Å². The summed E-state index contributed by atoms with van der Waals surface area (Å²) < 4.78 is 0.756. The fraction of sp³-hybridized carbons (Fsp3) is 0.333. The second-order valence-electron chi connectivity index (χ2n) is 3.71. The molecule has 1 unspecified atom stereocenters. The van der Waals surface area contributed by atoms with Gasteiger partial charge in [0, 0.05) is 28.5 Å². The fourth-order valence-corrected chi connectivity index (χ4v) is 2.52. The number of benzene rings is 1. The van der Waals surface area contributed by atoms with E-state index in [2.05, 4.69) is 15.9 Å². The van der Waals surface area contributed by atoms with Crippen molar-refractivity contribution in [2.75, 3.05) is 6.54 Å². The molecule has 1 aromatic rings. The van der Waals surface area contributed by atoms with Gasteiger partial charge >= 0.3 is 5.97 Å². The number of carboxylic acids is 1. The molecular weight excluding hydrogens is 321 g/mol. The number of carbonyl (C=O) groups is 2. The molecule has 0 heterocycles. The van der Waals surface area contributed by atoms with E-state index in [4.69, 9.17) is 11.6 Å². The monoisotopic (exact) mass is 333 g/mol. The number of aliphatic carboxylic acids is 1. The minimum atomic E-state index is -1.10. The summed E-state index contributed by atoms with van der Waals surface area (Å²) in [6.07, 6.45) is 0. The molecule has 1 atom stereocenters. The lowest BCUT2D eigenvalue weighted by molar-refractivity contribution is -0.149. The lowest BCUT2D eigenvalue weighted by Crippen LogP contribution is -2.37. The van der Waals surface area contributed by atoms with Crippen LogP contribution in [0.1, 0.15) is 25.5 Å². The smallest absolute Gasteiger partial charge is 0.331 e. The summed E-state index contributed by atoms with van der Waals surface area (Å²) >= 11 is 9.30. The van der Waals surface area contributed by atoms with Gasteiger partial charge in [0.2, 0.25) is 5.91 Å². The molecule has 1 amide bonds. The summed E-state index contributed by atoms with van der Waals surface area (Å²) in [6, 6.07) is 3.86. The van der Waals surface area contributed by atoms with Crippen LogP contribution in [0.3, 0.4) is 0 Å². The van der Waals surface area contributed by atoms with Crippen molar-refractivity contribution in [3.63, 3.8) is 0 Å². The summed E-state index contributed by atoms with van der Waals surface area (Å²) in [5, 5.41) is 9.62. The lowest BCUT2D eigenvalue weighted by atomic mass is 10.1. The third-order valence-electron chi connectivity index (χ3n) is 2.55. The number of halogens is 2. The van der Waals surface area contributed by atoms with Gasteiger partial charge in [0.25, 0.3) is 0 Å². The second-order valence-corrected chi connectivity index (χ2v) is 5.03. The highest BCUT2D eigenvalue weighted by atomic mass is 79.9. The molecule has 0 radical (unpaired) electrons. The third kappa shape index (κ3) is 3.23. The molecule has 0 bridgehead atoms. The first-order chi connectivity index (χ1) is 8.38. The zero-order valence-electron chi connectivity index (χ0n) is 9.98. The van der Waals surface area contributed by atoms with Gasteiger partial charge in [-0.25, -0.2) is 4.79 Å². The molecule has 0 aliphatic heterocycles. The van der Waals surface area contributed by atoms with Crippen LogP contribution in [0, 0.1) is 0 Å². The summed E-state index contributed by atoms with van der Waals surface area (Å²) in [5.41, 5.74) is 0.407. The summed E-state index contributed by atoms with van der Waals surface area (Å²) in [4.78, 5) is 24.1. The first-order valence-corrected chi connectivity index (χ1v) is 6.50. The first-order valence-electron chi connectivity index (χ1n) is 5.33. The Labute approximate surface area is 119 Å². The lowest BCUT2D eigenvalue weighted by Gasteiger charge is -2.27. The van der Waals surface area contributed by atoms with Crippen LogP contribution in [0.25, 0.3) is 0 Å². The molecule has 0 aliphatic rings. The van der Waals surface area contributed by atoms with E-state index < -0.39 is 12.0 Å². The maximum atomic E-state index is 11.5. The quantitative estimate of drug-likeness (QED) is 0.920. The number of hydrogen-bond donors (Lipinski definition) is 1. The zero-order valence-corrected chi connectivity index (χ0v) is 12.3. The van der Waals surface area contributed by atoms with E-state index in [1.165, 1.54) is 11.8 Å². The number of hydrogen-bond acceptors (Lipinski definition) is 2. The number of carboxylic acid groups (broad SMARTS) is 1. The fourth-order valence-electron chi connectivity index (χ4n) is 1.74. The van der Waals surface area contributed by atoms with Gasteiger partial charge in [-0.15, -0.1) is 0 Å². The predicted octanol–water partition coefficient (Wildman–Crippen LogP) is 3.10. The molecule has 0 fully saturated rings. The standard InChI is InChI=1S/C12H13BrClNO3/c1-3-15(7(2)16)11(12(17)18)9-5-4-8(13)6-10(9)14/h4-6,11H,3H2,1-2H3,(H,17,18). The van der Waals surface area contributed by atoms with Crippen LogP contribution in [0.2, 0.25) is 5.02 Å². The predicted molar refractivity (Wildman–Crippen MR) is 72.6 cm³/mol. The Morgan fingerprint density at radius 1 is 1.50 bits per heavy atom. The van der Waals surface area contributed by atoms with Crippen molar-refractivity contribution in [3.8, 4) is 0 Å². The Bertz CT molecular complexity index is 478. The number of rotatable bonds is 4. The van der Waals surface area contributed by atoms with Gasteiger partial charge in [-0.2, -0.15) is 0 Å². The Hall–Kier alpha value is -1.07. The molecule has 6 heteroatoms. The molecule has 1 rings (SSSR count). The highest BCUT2D eigenvalue weighted by Crippen LogP contribution is 2.30. The Kier molecular flexibility index (Phi) is 5.16. The maximum absolute atomic E-state index is 11.5. The molecule has 4 nitrogen and oxygen atoms in total. The average Bonchev–Trinajstić information content (AvgIpc) is 2.26. The molecule has 0 aromatic heterocycles. The largest absolute Gasteiger partial charge is 0.479 e. The van der Waals surface area contributed by atoms with Gasteiger partial charge in [-0.05, 0) is 19.1 Å². The molecule has 1 aromatic carbocycles. The minimum Gasteiger partial charge on any atom is -0.479 e. The average molecular weight is 335 g/mol. The van der Waals surface area contributed by atoms with E-state index in [0.717, 1.165) is 4.47 Å². The minimum absolute atomic E-state index is 0.302. The van der Waals surface area contributed by atoms with Crippen molar-refractivity contribution in [2.45, 2.75) is 19.9 Å². The SMILES string of the molecule is CCN(C(C)=O)C(C(=O)O)c1ccc(Br)cc1Cl. The van der Waals surface area contributed by atoms with Crippen molar-refractivity contribution >= 4 is 39.4 Å². The molecule has 18 heavy (non-hydrogen) atoms. The zero-order chi connectivity index (χ0) is 13.9. The maximum Gasteiger partial charge on any atom is 0.331 e. The van der Waals surface area contributed by atoms with Gasteiger partial charge in [0.05, 0.1) is 0 Å². The van der Waals surface area contributed by atoms with E-state index in [9.17, 15) is 14.7 Å². The van der Waals surface area contributed by atoms with E-state index in [1.54, 1.807) is 25.1 Å². The molecule has 1 N–H and O–H groups in total. The molecule has 0 spiro atoms. The van der Waals surface area contributed by atoms with Crippen molar-refractivity contribution in [3.05, 3.63) is 33.3 Å². The van der Waals surface area contributed by atoms with Crippen LogP contribution in [0.5, 0.6) is 0 Å². The third-order valence-corrected chi connectivity index (χ3v) is 3.37. The molecule has 0 saturated carbocycles. The van der Waals surface area contributed by atoms with Crippen molar-refractivity contribution in [1.29, 1.82) is 0 Å². The van der Waals surface area contributed by atoms with Gasteiger partial charge in [-0.3, -0.25) is 4.79 Å². The molecule has 98 valence electrons. The number of likely N-dealkylation sites (N-methyl/N-ethyl adjacent to an activating group) is 1. The van der Waals surface area contributed by atoms with E-state index in [-0.39, 0.29) is 5.91 Å². The van der Waals surface area contributed by atoms with Crippen molar-refractivity contribution in [1.82, 2.24) is 4.90 Å². The van der Waals surface area contributed by atoms with Gasteiger partial charge < -0.3 is 10.0 Å². The Morgan fingerprint density at radius 2 is 2.11 bits per heavy atom. The van der Waals surface area contributed by atoms with E-state index >= 15 is 0 Å². The summed E-state index contributed by atoms with van der Waals surface area (Å²) in [6.45, 7) is 3.37. The van der Waals surface area contributed by atoms with Gasteiger partial charge in [-0.1, -0.05) is 33.6 Å². The van der Waals surface area contributed by atoms with Crippen molar-refractivity contribution in [2.24, 2.45) is 0 Å². The first kappa shape index (κ1) is 15.0. The van der Waals surface area contributed by atoms with Gasteiger partial charge in [0.1, 0.15) is 0 Å².